The molecule has 2 aromatic rings. The van der Waals surface area contributed by atoms with E-state index < -0.39 is 0 Å². The maximum Gasteiger partial charge on any atom is 0.254 e. The summed E-state index contributed by atoms with van der Waals surface area (Å²) in [6.07, 6.45) is 0. The van der Waals surface area contributed by atoms with E-state index in [0.717, 1.165) is 24.5 Å². The Balaban J connectivity index is 1.60. The van der Waals surface area contributed by atoms with Gasteiger partial charge in [0.2, 0.25) is 5.91 Å². The minimum atomic E-state index is -0.0811. The molecule has 2 amide bonds. The number of carbonyl (C=O) groups excluding carboxylic acids is 2. The highest BCUT2D eigenvalue weighted by molar-refractivity contribution is 5.94. The van der Waals surface area contributed by atoms with E-state index in [1.165, 1.54) is 6.92 Å². The second-order valence-electron chi connectivity index (χ2n) is 6.24. The first kappa shape index (κ1) is 17.8. The van der Waals surface area contributed by atoms with Crippen LogP contribution in [0.1, 0.15) is 17.3 Å². The van der Waals surface area contributed by atoms with Gasteiger partial charge in [0.1, 0.15) is 5.75 Å². The molecule has 0 unspecified atom stereocenters. The van der Waals surface area contributed by atoms with Gasteiger partial charge in [-0.05, 0) is 42.5 Å². The number of piperazine rings is 1. The SMILES string of the molecule is COc1cccc(C(=O)N2CCN(c3ccc(NC(C)=O)cc3)CC2)c1. The van der Waals surface area contributed by atoms with E-state index in [4.69, 9.17) is 4.74 Å². The molecule has 0 spiro atoms. The number of rotatable bonds is 4. The van der Waals surface area contributed by atoms with Gasteiger partial charge >= 0.3 is 0 Å². The van der Waals surface area contributed by atoms with E-state index in [0.29, 0.717) is 24.4 Å². The third-order valence-electron chi connectivity index (χ3n) is 4.44. The molecule has 1 fully saturated rings. The smallest absolute Gasteiger partial charge is 0.254 e. The van der Waals surface area contributed by atoms with Gasteiger partial charge in [-0.3, -0.25) is 9.59 Å². The summed E-state index contributed by atoms with van der Waals surface area (Å²) >= 11 is 0. The van der Waals surface area contributed by atoms with Crippen molar-refractivity contribution in [3.05, 3.63) is 54.1 Å². The number of hydrogen-bond acceptors (Lipinski definition) is 4. The quantitative estimate of drug-likeness (QED) is 0.918. The van der Waals surface area contributed by atoms with E-state index in [1.807, 2.05) is 47.4 Å². The fourth-order valence-corrected chi connectivity index (χ4v) is 3.07. The van der Waals surface area contributed by atoms with Gasteiger partial charge < -0.3 is 19.9 Å². The molecule has 1 heterocycles. The lowest BCUT2D eigenvalue weighted by molar-refractivity contribution is -0.114. The molecule has 6 nitrogen and oxygen atoms in total. The van der Waals surface area contributed by atoms with Crippen LogP contribution in [0.4, 0.5) is 11.4 Å². The van der Waals surface area contributed by atoms with Crippen LogP contribution >= 0.6 is 0 Å². The van der Waals surface area contributed by atoms with E-state index in [2.05, 4.69) is 10.2 Å². The lowest BCUT2D eigenvalue weighted by Gasteiger charge is -2.36. The van der Waals surface area contributed by atoms with Crippen molar-refractivity contribution in [2.45, 2.75) is 6.92 Å². The second kappa shape index (κ2) is 7.91. The molecular formula is C20H23N3O3. The maximum absolute atomic E-state index is 12.7. The number of nitrogens with zero attached hydrogens (tertiary/aromatic N) is 2. The number of hydrogen-bond donors (Lipinski definition) is 1. The summed E-state index contributed by atoms with van der Waals surface area (Å²) < 4.78 is 5.20. The van der Waals surface area contributed by atoms with Crippen molar-refractivity contribution in [1.82, 2.24) is 4.90 Å². The summed E-state index contributed by atoms with van der Waals surface area (Å²) in [6.45, 7) is 4.38. The molecule has 0 aliphatic carbocycles. The molecule has 0 saturated carbocycles. The normalized spacial score (nSPS) is 14.1. The third-order valence-corrected chi connectivity index (χ3v) is 4.44. The largest absolute Gasteiger partial charge is 0.497 e. The van der Waals surface area contributed by atoms with Crippen LogP contribution < -0.4 is 15.0 Å². The molecule has 1 N–H and O–H groups in total. The van der Waals surface area contributed by atoms with Crippen LogP contribution in [0.3, 0.4) is 0 Å². The lowest BCUT2D eigenvalue weighted by Crippen LogP contribution is -2.48. The molecule has 136 valence electrons. The van der Waals surface area contributed by atoms with Crippen LogP contribution in [0.15, 0.2) is 48.5 Å². The molecular weight excluding hydrogens is 330 g/mol. The van der Waals surface area contributed by atoms with Crippen molar-refractivity contribution in [2.75, 3.05) is 43.5 Å². The summed E-state index contributed by atoms with van der Waals surface area (Å²) in [5.74, 6) is 0.640. The number of ether oxygens (including phenoxy) is 1. The third kappa shape index (κ3) is 4.14. The molecule has 2 aromatic carbocycles. The van der Waals surface area contributed by atoms with Gasteiger partial charge in [-0.15, -0.1) is 0 Å². The number of methoxy groups -OCH3 is 1. The van der Waals surface area contributed by atoms with Crippen molar-refractivity contribution < 1.29 is 14.3 Å². The first-order chi connectivity index (χ1) is 12.6. The Morgan fingerprint density at radius 1 is 1.00 bits per heavy atom. The molecule has 0 atom stereocenters. The molecule has 1 aliphatic heterocycles. The highest BCUT2D eigenvalue weighted by Gasteiger charge is 2.22. The highest BCUT2D eigenvalue weighted by Crippen LogP contribution is 2.21. The maximum atomic E-state index is 12.7. The Hall–Kier alpha value is -3.02. The first-order valence-electron chi connectivity index (χ1n) is 8.63. The topological polar surface area (TPSA) is 61.9 Å². The van der Waals surface area contributed by atoms with Gasteiger partial charge in [-0.25, -0.2) is 0 Å². The van der Waals surface area contributed by atoms with Crippen LogP contribution in [-0.2, 0) is 4.79 Å². The number of benzene rings is 2. The Morgan fingerprint density at radius 2 is 1.69 bits per heavy atom. The van der Waals surface area contributed by atoms with Gasteiger partial charge in [0, 0.05) is 50.0 Å². The van der Waals surface area contributed by atoms with E-state index in [-0.39, 0.29) is 11.8 Å². The molecule has 0 bridgehead atoms. The van der Waals surface area contributed by atoms with Gasteiger partial charge in [-0.1, -0.05) is 6.07 Å². The van der Waals surface area contributed by atoms with Crippen molar-refractivity contribution in [1.29, 1.82) is 0 Å². The van der Waals surface area contributed by atoms with Crippen molar-refractivity contribution >= 4 is 23.2 Å². The summed E-state index contributed by atoms with van der Waals surface area (Å²) in [5.41, 5.74) is 2.53. The monoisotopic (exact) mass is 353 g/mol. The zero-order chi connectivity index (χ0) is 18.5. The van der Waals surface area contributed by atoms with E-state index in [1.54, 1.807) is 13.2 Å². The van der Waals surface area contributed by atoms with Crippen LogP contribution in [0.2, 0.25) is 0 Å². The molecule has 1 aliphatic rings. The molecule has 26 heavy (non-hydrogen) atoms. The average molecular weight is 353 g/mol. The Kier molecular flexibility index (Phi) is 5.41. The average Bonchev–Trinajstić information content (AvgIpc) is 2.68. The van der Waals surface area contributed by atoms with E-state index in [9.17, 15) is 9.59 Å². The second-order valence-corrected chi connectivity index (χ2v) is 6.24. The van der Waals surface area contributed by atoms with Gasteiger partial charge in [0.05, 0.1) is 7.11 Å². The Morgan fingerprint density at radius 3 is 2.31 bits per heavy atom. The Bertz CT molecular complexity index is 781. The van der Waals surface area contributed by atoms with Crippen LogP contribution in [-0.4, -0.2) is 50.0 Å². The highest BCUT2D eigenvalue weighted by atomic mass is 16.5. The Labute approximate surface area is 153 Å². The standard InChI is InChI=1S/C20H23N3O3/c1-15(24)21-17-6-8-18(9-7-17)22-10-12-23(13-11-22)20(25)16-4-3-5-19(14-16)26-2/h3-9,14H,10-13H2,1-2H3,(H,21,24). The molecule has 1 saturated heterocycles. The molecule has 0 radical (unpaired) electrons. The van der Waals surface area contributed by atoms with Crippen molar-refractivity contribution in [3.8, 4) is 5.75 Å². The minimum absolute atomic E-state index is 0.0320. The molecule has 6 heteroatoms. The minimum Gasteiger partial charge on any atom is -0.497 e. The fraction of sp³-hybridized carbons (Fsp3) is 0.300. The predicted molar refractivity (Wildman–Crippen MR) is 102 cm³/mol. The summed E-state index contributed by atoms with van der Waals surface area (Å²) in [5, 5.41) is 2.76. The van der Waals surface area contributed by atoms with Crippen molar-refractivity contribution in [2.24, 2.45) is 0 Å². The number of carbonyl (C=O) groups is 2. The van der Waals surface area contributed by atoms with Gasteiger partial charge in [0.25, 0.3) is 5.91 Å². The zero-order valence-electron chi connectivity index (χ0n) is 15.1. The predicted octanol–water partition coefficient (Wildman–Crippen LogP) is 2.62. The fourth-order valence-electron chi connectivity index (χ4n) is 3.07. The van der Waals surface area contributed by atoms with Crippen LogP contribution in [0.25, 0.3) is 0 Å². The van der Waals surface area contributed by atoms with Gasteiger partial charge in [-0.2, -0.15) is 0 Å². The van der Waals surface area contributed by atoms with E-state index >= 15 is 0 Å². The summed E-state index contributed by atoms with van der Waals surface area (Å²) in [6, 6.07) is 15.0. The number of anilines is 2. The summed E-state index contributed by atoms with van der Waals surface area (Å²) in [4.78, 5) is 27.9. The molecule has 3 rings (SSSR count). The van der Waals surface area contributed by atoms with Crippen molar-refractivity contribution in [3.63, 3.8) is 0 Å². The van der Waals surface area contributed by atoms with Crippen LogP contribution in [0.5, 0.6) is 5.75 Å². The zero-order valence-corrected chi connectivity index (χ0v) is 15.1. The first-order valence-corrected chi connectivity index (χ1v) is 8.63. The lowest BCUT2D eigenvalue weighted by atomic mass is 10.1. The van der Waals surface area contributed by atoms with Crippen LogP contribution in [0, 0.1) is 0 Å². The number of amides is 2. The number of nitrogens with one attached hydrogen (secondary N) is 1. The van der Waals surface area contributed by atoms with Gasteiger partial charge in [0.15, 0.2) is 0 Å². The summed E-state index contributed by atoms with van der Waals surface area (Å²) in [7, 11) is 1.60. The molecule has 0 aromatic heterocycles.